The van der Waals surface area contributed by atoms with Crippen LogP contribution in [0.2, 0.25) is 0 Å². The highest BCUT2D eigenvalue weighted by molar-refractivity contribution is 5.83. The third-order valence-corrected chi connectivity index (χ3v) is 2.11. The number of ether oxygens (including phenoxy) is 1. The molecule has 0 aliphatic carbocycles. The van der Waals surface area contributed by atoms with E-state index in [1.54, 1.807) is 12.3 Å². The van der Waals surface area contributed by atoms with Crippen LogP contribution in [0.3, 0.4) is 0 Å². The number of hydrogen-bond donors (Lipinski definition) is 0. The topological polar surface area (TPSA) is 52.3 Å². The average Bonchev–Trinajstić information content (AvgIpc) is 2.78. The van der Waals surface area contributed by atoms with E-state index in [9.17, 15) is 4.39 Å². The summed E-state index contributed by atoms with van der Waals surface area (Å²) in [5.74, 6) is 0.0912. The lowest BCUT2D eigenvalue weighted by molar-refractivity contribution is 0.130. The van der Waals surface area contributed by atoms with Gasteiger partial charge in [0.05, 0.1) is 6.21 Å². The molecule has 1 heterocycles. The van der Waals surface area contributed by atoms with Gasteiger partial charge in [0, 0.05) is 11.6 Å². The van der Waals surface area contributed by atoms with E-state index in [0.29, 0.717) is 11.3 Å². The van der Waals surface area contributed by atoms with Crippen molar-refractivity contribution < 1.29 is 9.13 Å². The molecule has 0 spiro atoms. The summed E-state index contributed by atoms with van der Waals surface area (Å²) in [6, 6.07) is 4.31. The molecule has 0 aliphatic rings. The lowest BCUT2D eigenvalue weighted by Crippen LogP contribution is -2.23. The van der Waals surface area contributed by atoms with Crippen molar-refractivity contribution in [2.45, 2.75) is 26.4 Å². The fraction of sp³-hybridized carbons (Fsp3) is 0.308. The van der Waals surface area contributed by atoms with Gasteiger partial charge in [0.1, 0.15) is 29.8 Å². The minimum absolute atomic E-state index is 0.350. The van der Waals surface area contributed by atoms with Crippen molar-refractivity contribution in [2.24, 2.45) is 5.10 Å². The Bertz CT molecular complexity index is 573. The maximum absolute atomic E-state index is 13.3. The molecule has 2 aromatic rings. The maximum Gasteiger partial charge on any atom is 0.139 e. The summed E-state index contributed by atoms with van der Waals surface area (Å²) in [4.78, 5) is 5.09. The largest absolute Gasteiger partial charge is 0.487 e. The Balaban J connectivity index is 2.29. The van der Waals surface area contributed by atoms with Crippen LogP contribution in [0.25, 0.3) is 0 Å². The average molecular weight is 262 g/mol. The van der Waals surface area contributed by atoms with Crippen LogP contribution in [0.1, 0.15) is 26.3 Å². The van der Waals surface area contributed by atoms with Gasteiger partial charge in [0.2, 0.25) is 0 Å². The summed E-state index contributed by atoms with van der Waals surface area (Å²) >= 11 is 0. The molecule has 0 saturated carbocycles. The molecule has 0 saturated heterocycles. The van der Waals surface area contributed by atoms with Crippen LogP contribution in [0.4, 0.5) is 4.39 Å². The van der Waals surface area contributed by atoms with Gasteiger partial charge in [-0.05, 0) is 32.9 Å². The first-order chi connectivity index (χ1) is 8.94. The molecule has 0 atom stereocenters. The predicted octanol–water partition coefficient (Wildman–Crippen LogP) is 2.48. The Morgan fingerprint density at radius 3 is 2.79 bits per heavy atom. The Kier molecular flexibility index (Phi) is 3.59. The Morgan fingerprint density at radius 1 is 1.37 bits per heavy atom. The molecular formula is C13H15FN4O. The summed E-state index contributed by atoms with van der Waals surface area (Å²) in [6.45, 7) is 5.70. The summed E-state index contributed by atoms with van der Waals surface area (Å²) < 4.78 is 19.0. The molecule has 1 aromatic heterocycles. The van der Waals surface area contributed by atoms with Crippen LogP contribution >= 0.6 is 0 Å². The Morgan fingerprint density at radius 2 is 2.16 bits per heavy atom. The lowest BCUT2D eigenvalue weighted by atomic mass is 10.1. The first-order valence-corrected chi connectivity index (χ1v) is 5.81. The summed E-state index contributed by atoms with van der Waals surface area (Å²) in [5.41, 5.74) is 0.260. The highest BCUT2D eigenvalue weighted by Crippen LogP contribution is 2.23. The van der Waals surface area contributed by atoms with E-state index in [-0.39, 0.29) is 5.82 Å². The standard InChI is InChI=1S/C13H15FN4O/c1-13(2,3)19-12-6-11(14)5-4-10(12)7-16-18-9-15-8-17-18/h4-9H,1-3H3. The fourth-order valence-corrected chi connectivity index (χ4v) is 1.42. The summed E-state index contributed by atoms with van der Waals surface area (Å²) in [5, 5.41) is 7.92. The van der Waals surface area contributed by atoms with Gasteiger partial charge in [-0.2, -0.15) is 5.10 Å². The molecule has 1 aromatic carbocycles. The van der Waals surface area contributed by atoms with Crippen LogP contribution in [-0.2, 0) is 0 Å². The second-order valence-corrected chi connectivity index (χ2v) is 4.96. The molecule has 0 unspecified atom stereocenters. The highest BCUT2D eigenvalue weighted by atomic mass is 19.1. The SMILES string of the molecule is CC(C)(C)Oc1cc(F)ccc1C=Nn1cncn1. The molecule has 100 valence electrons. The first kappa shape index (κ1) is 13.2. The second kappa shape index (κ2) is 5.17. The minimum Gasteiger partial charge on any atom is -0.487 e. The van der Waals surface area contributed by atoms with Gasteiger partial charge in [-0.15, -0.1) is 9.89 Å². The van der Waals surface area contributed by atoms with Gasteiger partial charge in [0.25, 0.3) is 0 Å². The summed E-state index contributed by atoms with van der Waals surface area (Å²) in [6.07, 6.45) is 4.40. The molecule has 0 amide bonds. The van der Waals surface area contributed by atoms with E-state index in [4.69, 9.17) is 4.74 Å². The third-order valence-electron chi connectivity index (χ3n) is 2.11. The molecule has 5 nitrogen and oxygen atoms in total. The van der Waals surface area contributed by atoms with Crippen molar-refractivity contribution in [1.82, 2.24) is 14.9 Å². The minimum atomic E-state index is -0.413. The number of aromatic nitrogens is 3. The Hall–Kier alpha value is -2.24. The van der Waals surface area contributed by atoms with E-state index in [1.165, 1.54) is 29.6 Å². The van der Waals surface area contributed by atoms with E-state index in [0.717, 1.165) is 0 Å². The number of nitrogens with zero attached hydrogens (tertiary/aromatic N) is 4. The lowest BCUT2D eigenvalue weighted by Gasteiger charge is -2.22. The number of rotatable bonds is 3. The molecule has 0 fully saturated rings. The number of benzene rings is 1. The predicted molar refractivity (Wildman–Crippen MR) is 69.8 cm³/mol. The van der Waals surface area contributed by atoms with Gasteiger partial charge in [0.15, 0.2) is 0 Å². The van der Waals surface area contributed by atoms with Crippen LogP contribution in [0.5, 0.6) is 5.75 Å². The van der Waals surface area contributed by atoms with E-state index < -0.39 is 5.60 Å². The quantitative estimate of drug-likeness (QED) is 0.798. The number of hydrogen-bond acceptors (Lipinski definition) is 4. The zero-order valence-corrected chi connectivity index (χ0v) is 11.0. The van der Waals surface area contributed by atoms with E-state index in [1.807, 2.05) is 20.8 Å². The molecule has 0 bridgehead atoms. The molecule has 19 heavy (non-hydrogen) atoms. The summed E-state index contributed by atoms with van der Waals surface area (Å²) in [7, 11) is 0. The molecule has 6 heteroatoms. The van der Waals surface area contributed by atoms with Crippen LogP contribution in [0, 0.1) is 5.82 Å². The smallest absolute Gasteiger partial charge is 0.139 e. The van der Waals surface area contributed by atoms with Gasteiger partial charge in [-0.25, -0.2) is 9.37 Å². The van der Waals surface area contributed by atoms with Gasteiger partial charge >= 0.3 is 0 Å². The Labute approximate surface area is 110 Å². The number of halogens is 1. The van der Waals surface area contributed by atoms with Crippen molar-refractivity contribution in [1.29, 1.82) is 0 Å². The van der Waals surface area contributed by atoms with Crippen LogP contribution < -0.4 is 4.74 Å². The monoisotopic (exact) mass is 262 g/mol. The zero-order chi connectivity index (χ0) is 13.9. The van der Waals surface area contributed by atoms with E-state index >= 15 is 0 Å². The molecule has 0 radical (unpaired) electrons. The molecule has 0 aliphatic heterocycles. The third kappa shape index (κ3) is 3.87. The highest BCUT2D eigenvalue weighted by Gasteiger charge is 2.14. The van der Waals surface area contributed by atoms with Crippen molar-refractivity contribution >= 4 is 6.21 Å². The maximum atomic E-state index is 13.3. The van der Waals surface area contributed by atoms with Crippen molar-refractivity contribution in [2.75, 3.05) is 0 Å². The van der Waals surface area contributed by atoms with Gasteiger partial charge < -0.3 is 4.74 Å². The van der Waals surface area contributed by atoms with Crippen molar-refractivity contribution in [3.05, 3.63) is 42.2 Å². The zero-order valence-electron chi connectivity index (χ0n) is 11.0. The normalized spacial score (nSPS) is 12.0. The van der Waals surface area contributed by atoms with Crippen molar-refractivity contribution in [3.8, 4) is 5.75 Å². The molecule has 2 rings (SSSR count). The second-order valence-electron chi connectivity index (χ2n) is 4.96. The van der Waals surface area contributed by atoms with Crippen LogP contribution in [0.15, 0.2) is 36.0 Å². The van der Waals surface area contributed by atoms with Crippen LogP contribution in [-0.4, -0.2) is 26.7 Å². The van der Waals surface area contributed by atoms with Gasteiger partial charge in [-0.1, -0.05) is 0 Å². The molecule has 0 N–H and O–H groups in total. The first-order valence-electron chi connectivity index (χ1n) is 5.81. The molecular weight excluding hydrogens is 247 g/mol. The van der Waals surface area contributed by atoms with Gasteiger partial charge in [-0.3, -0.25) is 0 Å². The van der Waals surface area contributed by atoms with Crippen molar-refractivity contribution in [3.63, 3.8) is 0 Å². The fourth-order valence-electron chi connectivity index (χ4n) is 1.42. The van der Waals surface area contributed by atoms with E-state index in [2.05, 4.69) is 15.2 Å².